The van der Waals surface area contributed by atoms with Gasteiger partial charge in [0.25, 0.3) is 5.19 Å². The van der Waals surface area contributed by atoms with Crippen LogP contribution in [0.1, 0.15) is 32.8 Å². The molecule has 7 heteroatoms. The van der Waals surface area contributed by atoms with Gasteiger partial charge in [0.15, 0.2) is 0 Å². The zero-order valence-electron chi connectivity index (χ0n) is 18.8. The number of piperazine rings is 1. The summed E-state index contributed by atoms with van der Waals surface area (Å²) in [6, 6.07) is 17.3. The van der Waals surface area contributed by atoms with Gasteiger partial charge < -0.3 is 9.47 Å². The Balaban J connectivity index is 1.14. The second-order valence-electron chi connectivity index (χ2n) is 9.68. The van der Waals surface area contributed by atoms with Crippen molar-refractivity contribution in [2.24, 2.45) is 0 Å². The lowest BCUT2D eigenvalue weighted by atomic mass is 10.2. The van der Waals surface area contributed by atoms with Crippen LogP contribution < -0.4 is 4.74 Å². The van der Waals surface area contributed by atoms with Crippen molar-refractivity contribution >= 4 is 27.5 Å². The molecule has 2 aliphatic rings. The van der Waals surface area contributed by atoms with Crippen LogP contribution >= 0.6 is 11.3 Å². The molecule has 2 aliphatic heterocycles. The van der Waals surface area contributed by atoms with Crippen LogP contribution in [0.3, 0.4) is 0 Å². The predicted molar refractivity (Wildman–Crippen MR) is 126 cm³/mol. The summed E-state index contributed by atoms with van der Waals surface area (Å²) in [7, 11) is 0. The van der Waals surface area contributed by atoms with E-state index in [2.05, 4.69) is 33.0 Å². The minimum absolute atomic E-state index is 0.125. The largest absolute Gasteiger partial charge is 0.459 e. The molecule has 1 aromatic heterocycles. The molecule has 0 saturated carbocycles. The van der Waals surface area contributed by atoms with Crippen molar-refractivity contribution in [2.45, 2.75) is 51.4 Å². The molecule has 5 rings (SSSR count). The van der Waals surface area contributed by atoms with Gasteiger partial charge in [0.2, 0.25) is 0 Å². The van der Waals surface area contributed by atoms with Crippen LogP contribution in [0.5, 0.6) is 10.9 Å². The first-order valence-electron chi connectivity index (χ1n) is 11.1. The lowest BCUT2D eigenvalue weighted by molar-refractivity contribution is -0.156. The van der Waals surface area contributed by atoms with Crippen molar-refractivity contribution in [3.63, 3.8) is 0 Å². The van der Waals surface area contributed by atoms with Gasteiger partial charge >= 0.3 is 5.97 Å². The Morgan fingerprint density at radius 2 is 1.78 bits per heavy atom. The first kappa shape index (κ1) is 21.4. The molecule has 2 atom stereocenters. The van der Waals surface area contributed by atoms with Crippen LogP contribution in [0.15, 0.2) is 48.5 Å². The SMILES string of the molecule is CC(C)(C)OC(=O)CN1C[C@@H]2C[C@H]1CN2Cc1ccc(Oc2nc3ccccc3s2)cc1. The number of para-hydroxylation sites is 1. The van der Waals surface area contributed by atoms with Gasteiger partial charge in [-0.25, -0.2) is 4.98 Å². The van der Waals surface area contributed by atoms with Crippen LogP contribution in [0, 0.1) is 0 Å². The maximum absolute atomic E-state index is 12.2. The summed E-state index contributed by atoms with van der Waals surface area (Å²) in [5, 5.41) is 0.667. The topological polar surface area (TPSA) is 54.9 Å². The maximum Gasteiger partial charge on any atom is 0.320 e. The average Bonchev–Trinajstić information content (AvgIpc) is 3.41. The van der Waals surface area contributed by atoms with Gasteiger partial charge in [-0.15, -0.1) is 0 Å². The normalized spacial score (nSPS) is 21.3. The number of ether oxygens (including phenoxy) is 2. The van der Waals surface area contributed by atoms with Gasteiger partial charge in [0.05, 0.1) is 16.8 Å². The minimum atomic E-state index is -0.426. The standard InChI is InChI=1S/C25H29N3O3S/c1-25(2,3)31-23(29)16-28-15-18-12-19(28)14-27(18)13-17-8-10-20(11-9-17)30-24-26-21-6-4-5-7-22(21)32-24/h4-11,18-19H,12-16H2,1-3H3/t18-,19-/m0/s1. The highest BCUT2D eigenvalue weighted by Gasteiger charge is 2.43. The first-order chi connectivity index (χ1) is 15.3. The second-order valence-corrected chi connectivity index (χ2v) is 10.7. The van der Waals surface area contributed by atoms with Crippen LogP contribution in [0.2, 0.25) is 0 Å². The van der Waals surface area contributed by atoms with E-state index in [9.17, 15) is 4.79 Å². The Kier molecular flexibility index (Phi) is 5.65. The van der Waals surface area contributed by atoms with E-state index in [0.717, 1.165) is 42.0 Å². The maximum atomic E-state index is 12.2. The van der Waals surface area contributed by atoms with Crippen molar-refractivity contribution in [2.75, 3.05) is 19.6 Å². The highest BCUT2D eigenvalue weighted by atomic mass is 32.1. The molecule has 2 fully saturated rings. The van der Waals surface area contributed by atoms with Crippen LogP contribution in [-0.2, 0) is 16.1 Å². The summed E-state index contributed by atoms with van der Waals surface area (Å²) < 4.78 is 12.6. The number of benzene rings is 2. The molecule has 0 unspecified atom stereocenters. The number of aromatic nitrogens is 1. The Bertz CT molecular complexity index is 1070. The van der Waals surface area contributed by atoms with Crippen molar-refractivity contribution in [1.82, 2.24) is 14.8 Å². The molecule has 2 bridgehead atoms. The molecule has 3 heterocycles. The molecule has 2 aromatic carbocycles. The lowest BCUT2D eigenvalue weighted by Gasteiger charge is -2.34. The number of hydrogen-bond acceptors (Lipinski definition) is 7. The number of thiazole rings is 1. The molecule has 0 N–H and O–H groups in total. The zero-order valence-corrected chi connectivity index (χ0v) is 19.6. The number of nitrogens with zero attached hydrogens (tertiary/aromatic N) is 3. The molecule has 0 aliphatic carbocycles. The van der Waals surface area contributed by atoms with Crippen LogP contribution in [0.4, 0.5) is 0 Å². The molecule has 3 aromatic rings. The lowest BCUT2D eigenvalue weighted by Crippen LogP contribution is -2.48. The van der Waals surface area contributed by atoms with Gasteiger partial charge in [0, 0.05) is 31.7 Å². The fourth-order valence-electron chi connectivity index (χ4n) is 4.65. The summed E-state index contributed by atoms with van der Waals surface area (Å²) in [5.41, 5.74) is 1.81. The van der Waals surface area contributed by atoms with Gasteiger partial charge in [-0.2, -0.15) is 0 Å². The first-order valence-corrected chi connectivity index (χ1v) is 12.0. The molecular formula is C25H29N3O3S. The molecule has 0 amide bonds. The van der Waals surface area contributed by atoms with E-state index in [4.69, 9.17) is 9.47 Å². The minimum Gasteiger partial charge on any atom is -0.459 e. The number of likely N-dealkylation sites (tertiary alicyclic amines) is 2. The monoisotopic (exact) mass is 451 g/mol. The third kappa shape index (κ3) is 4.80. The summed E-state index contributed by atoms with van der Waals surface area (Å²) in [6.45, 7) is 8.99. The number of carbonyl (C=O) groups excluding carboxylic acids is 1. The third-order valence-corrected chi connectivity index (χ3v) is 6.92. The molecule has 168 valence electrons. The molecule has 0 radical (unpaired) electrons. The molecule has 32 heavy (non-hydrogen) atoms. The second kappa shape index (κ2) is 8.46. The molecule has 0 spiro atoms. The van der Waals surface area contributed by atoms with E-state index in [-0.39, 0.29) is 5.97 Å². The summed E-state index contributed by atoms with van der Waals surface area (Å²) in [6.07, 6.45) is 1.13. The van der Waals surface area contributed by atoms with E-state index in [0.29, 0.717) is 23.8 Å². The fourth-order valence-corrected chi connectivity index (χ4v) is 5.49. The molecular weight excluding hydrogens is 422 g/mol. The van der Waals surface area contributed by atoms with Gasteiger partial charge in [0.1, 0.15) is 11.4 Å². The smallest absolute Gasteiger partial charge is 0.320 e. The van der Waals surface area contributed by atoms with Crippen molar-refractivity contribution in [3.05, 3.63) is 54.1 Å². The number of carbonyl (C=O) groups is 1. The van der Waals surface area contributed by atoms with Crippen molar-refractivity contribution < 1.29 is 14.3 Å². The van der Waals surface area contributed by atoms with E-state index in [1.54, 1.807) is 11.3 Å². The van der Waals surface area contributed by atoms with Crippen molar-refractivity contribution in [1.29, 1.82) is 0 Å². The van der Waals surface area contributed by atoms with Crippen molar-refractivity contribution in [3.8, 4) is 10.9 Å². The van der Waals surface area contributed by atoms with Gasteiger partial charge in [-0.05, 0) is 57.0 Å². The Hall–Kier alpha value is -2.48. The van der Waals surface area contributed by atoms with Crippen LogP contribution in [-0.4, -0.2) is 58.1 Å². The molecule has 6 nitrogen and oxygen atoms in total. The third-order valence-electron chi connectivity index (χ3n) is 6.01. The van der Waals surface area contributed by atoms with Crippen LogP contribution in [0.25, 0.3) is 10.2 Å². The predicted octanol–water partition coefficient (Wildman–Crippen LogP) is 4.69. The van der Waals surface area contributed by atoms with Gasteiger partial charge in [-0.1, -0.05) is 35.6 Å². The number of rotatable bonds is 6. The highest BCUT2D eigenvalue weighted by molar-refractivity contribution is 7.20. The summed E-state index contributed by atoms with van der Waals surface area (Å²) >= 11 is 1.56. The summed E-state index contributed by atoms with van der Waals surface area (Å²) in [5.74, 6) is 0.680. The summed E-state index contributed by atoms with van der Waals surface area (Å²) in [4.78, 5) is 21.5. The average molecular weight is 452 g/mol. The Labute approximate surface area is 192 Å². The Morgan fingerprint density at radius 1 is 1.06 bits per heavy atom. The fraction of sp³-hybridized carbons (Fsp3) is 0.440. The van der Waals surface area contributed by atoms with E-state index >= 15 is 0 Å². The quantitative estimate of drug-likeness (QED) is 0.507. The van der Waals surface area contributed by atoms with E-state index in [1.165, 1.54) is 5.56 Å². The number of fused-ring (bicyclic) bond motifs is 3. The highest BCUT2D eigenvalue weighted by Crippen LogP contribution is 2.33. The van der Waals surface area contributed by atoms with E-state index in [1.807, 2.05) is 51.1 Å². The number of esters is 1. The Morgan fingerprint density at radius 3 is 2.47 bits per heavy atom. The van der Waals surface area contributed by atoms with E-state index < -0.39 is 5.60 Å². The number of hydrogen-bond donors (Lipinski definition) is 0. The molecule has 2 saturated heterocycles. The van der Waals surface area contributed by atoms with Gasteiger partial charge in [-0.3, -0.25) is 14.6 Å². The zero-order chi connectivity index (χ0) is 22.3.